The summed E-state index contributed by atoms with van der Waals surface area (Å²) >= 11 is 23.9. The Balaban J connectivity index is 2.61. The van der Waals surface area contributed by atoms with Gasteiger partial charge in [0.2, 0.25) is 0 Å². The minimum atomic E-state index is 0.314. The summed E-state index contributed by atoms with van der Waals surface area (Å²) in [6.07, 6.45) is 1.53. The lowest BCUT2D eigenvalue weighted by Gasteiger charge is -2.08. The molecule has 2 aromatic rings. The minimum absolute atomic E-state index is 0.314. The third-order valence-corrected chi connectivity index (χ3v) is 3.84. The van der Waals surface area contributed by atoms with E-state index in [0.717, 1.165) is 5.56 Å². The topological polar surface area (TPSA) is 22.1 Å². The van der Waals surface area contributed by atoms with Gasteiger partial charge < -0.3 is 4.74 Å². The Labute approximate surface area is 124 Å². The maximum absolute atomic E-state index is 6.05. The number of methoxy groups -OCH3 is 1. The first kappa shape index (κ1) is 13.8. The van der Waals surface area contributed by atoms with Crippen LogP contribution in [0.1, 0.15) is 0 Å². The van der Waals surface area contributed by atoms with E-state index >= 15 is 0 Å². The summed E-state index contributed by atoms with van der Waals surface area (Å²) in [5, 5.41) is 1.37. The van der Waals surface area contributed by atoms with Crippen LogP contribution >= 0.6 is 46.4 Å². The molecule has 0 amide bonds. The van der Waals surface area contributed by atoms with Crippen LogP contribution in [0.25, 0.3) is 11.1 Å². The van der Waals surface area contributed by atoms with Gasteiger partial charge in [0.15, 0.2) is 0 Å². The Morgan fingerprint density at radius 1 is 1.00 bits per heavy atom. The highest BCUT2D eigenvalue weighted by atomic mass is 35.5. The zero-order valence-electron chi connectivity index (χ0n) is 9.18. The van der Waals surface area contributed by atoms with E-state index in [4.69, 9.17) is 51.1 Å². The first-order chi connectivity index (χ1) is 8.52. The number of rotatable bonds is 2. The van der Waals surface area contributed by atoms with Crippen molar-refractivity contribution in [2.45, 2.75) is 0 Å². The quantitative estimate of drug-likeness (QED) is 0.547. The molecule has 2 nitrogen and oxygen atoms in total. The number of hydrogen-bond acceptors (Lipinski definition) is 2. The smallest absolute Gasteiger partial charge is 0.137 e. The van der Waals surface area contributed by atoms with Crippen LogP contribution < -0.4 is 4.74 Å². The van der Waals surface area contributed by atoms with Gasteiger partial charge in [0, 0.05) is 5.56 Å². The second-order valence-electron chi connectivity index (χ2n) is 3.47. The van der Waals surface area contributed by atoms with Crippen molar-refractivity contribution in [2.24, 2.45) is 0 Å². The molecule has 0 saturated heterocycles. The largest absolute Gasteiger partial charge is 0.495 e. The molecule has 2 rings (SSSR count). The van der Waals surface area contributed by atoms with E-state index in [-0.39, 0.29) is 0 Å². The lowest BCUT2D eigenvalue weighted by atomic mass is 10.1. The Morgan fingerprint density at radius 3 is 2.17 bits per heavy atom. The molecule has 0 aliphatic rings. The number of pyridine rings is 1. The maximum atomic E-state index is 6.05. The van der Waals surface area contributed by atoms with Crippen LogP contribution in [0.3, 0.4) is 0 Å². The summed E-state index contributed by atoms with van der Waals surface area (Å²) in [5.41, 5.74) is 1.40. The van der Waals surface area contributed by atoms with Crippen molar-refractivity contribution < 1.29 is 4.74 Å². The van der Waals surface area contributed by atoms with E-state index in [9.17, 15) is 0 Å². The maximum Gasteiger partial charge on any atom is 0.137 e. The van der Waals surface area contributed by atoms with Crippen molar-refractivity contribution in [1.29, 1.82) is 0 Å². The number of aromatic nitrogens is 1. The number of ether oxygens (including phenoxy) is 1. The van der Waals surface area contributed by atoms with Gasteiger partial charge in [-0.15, -0.1) is 0 Å². The number of halogens is 4. The molecule has 0 saturated carbocycles. The molecule has 1 aromatic carbocycles. The summed E-state index contributed by atoms with van der Waals surface area (Å²) < 4.78 is 5.10. The van der Waals surface area contributed by atoms with Crippen LogP contribution in [0.2, 0.25) is 20.2 Å². The summed E-state index contributed by atoms with van der Waals surface area (Å²) in [6.45, 7) is 0. The fourth-order valence-electron chi connectivity index (χ4n) is 1.45. The molecular weight excluding hydrogens is 316 g/mol. The van der Waals surface area contributed by atoms with Gasteiger partial charge in [-0.25, -0.2) is 4.98 Å². The van der Waals surface area contributed by atoms with Crippen molar-refractivity contribution in [1.82, 2.24) is 4.98 Å². The fourth-order valence-corrected chi connectivity index (χ4v) is 2.26. The van der Waals surface area contributed by atoms with Crippen molar-refractivity contribution in [2.75, 3.05) is 7.11 Å². The highest BCUT2D eigenvalue weighted by Gasteiger charge is 2.11. The van der Waals surface area contributed by atoms with Gasteiger partial charge in [0.05, 0.1) is 28.4 Å². The zero-order valence-corrected chi connectivity index (χ0v) is 12.2. The Hall–Kier alpha value is -0.670. The molecule has 0 spiro atoms. The van der Waals surface area contributed by atoms with E-state index in [1.54, 1.807) is 25.3 Å². The Bertz CT molecular complexity index is 578. The standard InChI is InChI=1S/C12H7Cl4NO/c1-18-7-4-8(12(16)17-5-7)6-2-9(13)11(15)10(14)3-6/h2-5H,1H3. The van der Waals surface area contributed by atoms with E-state index in [1.165, 1.54) is 6.20 Å². The van der Waals surface area contributed by atoms with Crippen molar-refractivity contribution in [3.63, 3.8) is 0 Å². The number of hydrogen-bond donors (Lipinski definition) is 0. The fraction of sp³-hybridized carbons (Fsp3) is 0.0833. The van der Waals surface area contributed by atoms with E-state index in [1.807, 2.05) is 0 Å². The second kappa shape index (κ2) is 5.54. The molecule has 0 aliphatic heterocycles. The molecule has 0 bridgehead atoms. The average molecular weight is 323 g/mol. The van der Waals surface area contributed by atoms with Crippen molar-refractivity contribution in [3.8, 4) is 16.9 Å². The predicted molar refractivity (Wildman–Crippen MR) is 76.3 cm³/mol. The minimum Gasteiger partial charge on any atom is -0.495 e. The summed E-state index contributed by atoms with van der Waals surface area (Å²) in [6, 6.07) is 5.11. The van der Waals surface area contributed by atoms with E-state index in [2.05, 4.69) is 4.98 Å². The molecule has 1 aromatic heterocycles. The third-order valence-electron chi connectivity index (χ3n) is 2.34. The molecular formula is C12H7Cl4NO. The van der Waals surface area contributed by atoms with Crippen LogP contribution in [-0.2, 0) is 0 Å². The molecule has 1 heterocycles. The molecule has 0 radical (unpaired) electrons. The van der Waals surface area contributed by atoms with Gasteiger partial charge in [-0.2, -0.15) is 0 Å². The monoisotopic (exact) mass is 321 g/mol. The predicted octanol–water partition coefficient (Wildman–Crippen LogP) is 5.37. The van der Waals surface area contributed by atoms with Gasteiger partial charge >= 0.3 is 0 Å². The third kappa shape index (κ3) is 2.67. The zero-order chi connectivity index (χ0) is 13.3. The highest BCUT2D eigenvalue weighted by Crippen LogP contribution is 2.37. The lowest BCUT2D eigenvalue weighted by Crippen LogP contribution is -1.89. The normalized spacial score (nSPS) is 10.5. The van der Waals surface area contributed by atoms with Crippen LogP contribution in [0.15, 0.2) is 24.4 Å². The summed E-state index contributed by atoms with van der Waals surface area (Å²) in [7, 11) is 1.55. The van der Waals surface area contributed by atoms with E-state index < -0.39 is 0 Å². The first-order valence-corrected chi connectivity index (χ1v) is 6.38. The van der Waals surface area contributed by atoms with Crippen molar-refractivity contribution >= 4 is 46.4 Å². The van der Waals surface area contributed by atoms with Crippen LogP contribution in [0.5, 0.6) is 5.75 Å². The molecule has 0 aliphatic carbocycles. The molecule has 94 valence electrons. The second-order valence-corrected chi connectivity index (χ2v) is 5.02. The number of benzene rings is 1. The highest BCUT2D eigenvalue weighted by molar-refractivity contribution is 6.48. The molecule has 18 heavy (non-hydrogen) atoms. The number of nitrogens with zero attached hydrogens (tertiary/aromatic N) is 1. The molecule has 0 N–H and O–H groups in total. The SMILES string of the molecule is COc1cnc(Cl)c(-c2cc(Cl)c(Cl)c(Cl)c2)c1. The van der Waals surface area contributed by atoms with E-state index in [0.29, 0.717) is 31.5 Å². The van der Waals surface area contributed by atoms with Gasteiger partial charge in [-0.1, -0.05) is 46.4 Å². The molecule has 0 fully saturated rings. The molecule has 0 unspecified atom stereocenters. The molecule has 0 atom stereocenters. The van der Waals surface area contributed by atoms with Crippen LogP contribution in [0.4, 0.5) is 0 Å². The van der Waals surface area contributed by atoms with Crippen LogP contribution in [0, 0.1) is 0 Å². The first-order valence-electron chi connectivity index (χ1n) is 4.87. The van der Waals surface area contributed by atoms with Gasteiger partial charge in [0.1, 0.15) is 10.9 Å². The lowest BCUT2D eigenvalue weighted by molar-refractivity contribution is 0.413. The Kier molecular flexibility index (Phi) is 4.23. The summed E-state index contributed by atoms with van der Waals surface area (Å²) in [5.74, 6) is 0.594. The van der Waals surface area contributed by atoms with Crippen molar-refractivity contribution in [3.05, 3.63) is 44.6 Å². The van der Waals surface area contributed by atoms with Gasteiger partial charge in [0.25, 0.3) is 0 Å². The Morgan fingerprint density at radius 2 is 1.61 bits per heavy atom. The van der Waals surface area contributed by atoms with Gasteiger partial charge in [-0.05, 0) is 23.8 Å². The van der Waals surface area contributed by atoms with Gasteiger partial charge in [-0.3, -0.25) is 0 Å². The summed E-state index contributed by atoms with van der Waals surface area (Å²) in [4.78, 5) is 4.03. The van der Waals surface area contributed by atoms with Crippen LogP contribution in [-0.4, -0.2) is 12.1 Å². The average Bonchev–Trinajstić information content (AvgIpc) is 2.36. The molecule has 6 heteroatoms.